The first-order valence-electron chi connectivity index (χ1n) is 7.96. The monoisotopic (exact) mass is 370 g/mol. The maximum atomic E-state index is 11.4. The van der Waals surface area contributed by atoms with Crippen LogP contribution in [-0.4, -0.2) is 41.3 Å². The van der Waals surface area contributed by atoms with Gasteiger partial charge in [-0.1, -0.05) is 23.7 Å². The van der Waals surface area contributed by atoms with Crippen molar-refractivity contribution in [1.82, 2.24) is 24.5 Å². The van der Waals surface area contributed by atoms with Crippen LogP contribution < -0.4 is 0 Å². The lowest BCUT2D eigenvalue weighted by Crippen LogP contribution is -2.11. The Bertz CT molecular complexity index is 1030. The van der Waals surface area contributed by atoms with Crippen molar-refractivity contribution in [2.24, 2.45) is 12.0 Å². The van der Waals surface area contributed by atoms with Gasteiger partial charge < -0.3 is 5.11 Å². The molecule has 0 amide bonds. The van der Waals surface area contributed by atoms with Gasteiger partial charge in [-0.05, 0) is 19.1 Å². The van der Waals surface area contributed by atoms with Gasteiger partial charge in [0.05, 0.1) is 17.8 Å². The fourth-order valence-electron chi connectivity index (χ4n) is 3.10. The SMILES string of the molecule is Cc1nnc2n1-c1cn(C)nc1C(c1ccc(Cl)cc1)=N[C@H]2CC(=O)O. The van der Waals surface area contributed by atoms with E-state index in [1.165, 1.54) is 0 Å². The van der Waals surface area contributed by atoms with Gasteiger partial charge in [0.1, 0.15) is 17.6 Å². The van der Waals surface area contributed by atoms with Crippen molar-refractivity contribution in [3.63, 3.8) is 0 Å². The van der Waals surface area contributed by atoms with Crippen LogP contribution in [0.2, 0.25) is 5.02 Å². The maximum Gasteiger partial charge on any atom is 0.306 e. The molecule has 3 heterocycles. The zero-order chi connectivity index (χ0) is 18.4. The Hall–Kier alpha value is -3.00. The van der Waals surface area contributed by atoms with Gasteiger partial charge in [0, 0.05) is 23.8 Å². The maximum absolute atomic E-state index is 11.4. The van der Waals surface area contributed by atoms with Gasteiger partial charge >= 0.3 is 5.97 Å². The number of carboxylic acids is 1. The van der Waals surface area contributed by atoms with E-state index in [-0.39, 0.29) is 6.42 Å². The van der Waals surface area contributed by atoms with Gasteiger partial charge in [-0.25, -0.2) is 0 Å². The second kappa shape index (κ2) is 6.06. The third-order valence-corrected chi connectivity index (χ3v) is 4.45. The number of rotatable bonds is 3. The number of hydrogen-bond acceptors (Lipinski definition) is 5. The smallest absolute Gasteiger partial charge is 0.306 e. The first-order valence-corrected chi connectivity index (χ1v) is 8.33. The standard InChI is InChI=1S/C17H15ClN6O2/c1-9-20-21-17-12(7-14(25)26)19-15(10-3-5-11(18)6-4-10)16-13(24(9)17)8-23(2)22-16/h3-6,8,12H,7H2,1-2H3,(H,25,26)/t12-/m0/s1. The number of hydrogen-bond donors (Lipinski definition) is 1. The summed E-state index contributed by atoms with van der Waals surface area (Å²) in [7, 11) is 1.82. The number of aliphatic carboxylic acids is 1. The van der Waals surface area contributed by atoms with Crippen LogP contribution in [0.5, 0.6) is 0 Å². The number of fused-ring (bicyclic) bond motifs is 3. The average molecular weight is 371 g/mol. The second-order valence-electron chi connectivity index (χ2n) is 6.08. The Kier molecular flexibility index (Phi) is 3.84. The van der Waals surface area contributed by atoms with E-state index in [2.05, 4.69) is 15.3 Å². The molecule has 8 nitrogen and oxygen atoms in total. The van der Waals surface area contributed by atoms with E-state index in [9.17, 15) is 9.90 Å². The van der Waals surface area contributed by atoms with Crippen LogP contribution in [0.25, 0.3) is 5.69 Å². The number of aromatic nitrogens is 5. The van der Waals surface area contributed by atoms with Crippen LogP contribution in [-0.2, 0) is 11.8 Å². The predicted octanol–water partition coefficient (Wildman–Crippen LogP) is 2.33. The Morgan fingerprint density at radius 1 is 1.27 bits per heavy atom. The molecule has 0 spiro atoms. The lowest BCUT2D eigenvalue weighted by Gasteiger charge is -2.10. The normalized spacial score (nSPS) is 15.8. The van der Waals surface area contributed by atoms with Crippen molar-refractivity contribution in [2.75, 3.05) is 0 Å². The number of carboxylic acid groups (broad SMARTS) is 1. The van der Waals surface area contributed by atoms with Gasteiger partial charge in [0.15, 0.2) is 5.82 Å². The van der Waals surface area contributed by atoms with Crippen LogP contribution in [0, 0.1) is 6.92 Å². The van der Waals surface area contributed by atoms with Crippen molar-refractivity contribution in [3.05, 3.63) is 58.4 Å². The summed E-state index contributed by atoms with van der Waals surface area (Å²) in [6, 6.07) is 6.56. The molecule has 0 unspecified atom stereocenters. The van der Waals surface area contributed by atoms with Gasteiger partial charge in [-0.3, -0.25) is 19.0 Å². The Labute approximate surface area is 153 Å². The highest BCUT2D eigenvalue weighted by atomic mass is 35.5. The van der Waals surface area contributed by atoms with Crippen LogP contribution in [0.1, 0.15) is 35.4 Å². The third kappa shape index (κ3) is 2.68. The fraction of sp³-hybridized carbons (Fsp3) is 0.235. The van der Waals surface area contributed by atoms with Gasteiger partial charge in [-0.2, -0.15) is 5.10 Å². The zero-order valence-corrected chi connectivity index (χ0v) is 14.8. The summed E-state index contributed by atoms with van der Waals surface area (Å²) < 4.78 is 3.51. The van der Waals surface area contributed by atoms with Crippen LogP contribution in [0.15, 0.2) is 35.5 Å². The molecular formula is C17H15ClN6O2. The van der Waals surface area contributed by atoms with Crippen LogP contribution in [0.3, 0.4) is 0 Å². The molecule has 3 aromatic rings. The van der Waals surface area contributed by atoms with E-state index in [1.807, 2.05) is 36.9 Å². The number of aryl methyl sites for hydroxylation is 2. The highest BCUT2D eigenvalue weighted by Gasteiger charge is 2.31. The molecule has 2 aromatic heterocycles. The van der Waals surface area contributed by atoms with E-state index in [4.69, 9.17) is 16.6 Å². The summed E-state index contributed by atoms with van der Waals surface area (Å²) >= 11 is 6.00. The quantitative estimate of drug-likeness (QED) is 0.763. The van der Waals surface area contributed by atoms with Crippen molar-refractivity contribution in [2.45, 2.75) is 19.4 Å². The molecule has 1 aliphatic rings. The summed E-state index contributed by atoms with van der Waals surface area (Å²) in [5.41, 5.74) is 2.83. The Morgan fingerprint density at radius 2 is 2.00 bits per heavy atom. The number of carbonyl (C=O) groups is 1. The minimum absolute atomic E-state index is 0.189. The molecule has 1 N–H and O–H groups in total. The topological polar surface area (TPSA) is 98.2 Å². The first kappa shape index (κ1) is 16.5. The first-order chi connectivity index (χ1) is 12.4. The molecule has 0 saturated carbocycles. The summed E-state index contributed by atoms with van der Waals surface area (Å²) in [4.78, 5) is 16.1. The third-order valence-electron chi connectivity index (χ3n) is 4.19. The van der Waals surface area contributed by atoms with E-state index >= 15 is 0 Å². The lowest BCUT2D eigenvalue weighted by atomic mass is 10.1. The molecule has 1 aliphatic heterocycles. The molecule has 0 radical (unpaired) electrons. The molecule has 132 valence electrons. The molecule has 0 fully saturated rings. The summed E-state index contributed by atoms with van der Waals surface area (Å²) in [6.07, 6.45) is 1.66. The number of benzene rings is 1. The number of halogens is 1. The van der Waals surface area contributed by atoms with Crippen molar-refractivity contribution >= 4 is 23.3 Å². The Morgan fingerprint density at radius 3 is 2.69 bits per heavy atom. The molecule has 0 bridgehead atoms. The molecular weight excluding hydrogens is 356 g/mol. The largest absolute Gasteiger partial charge is 0.481 e. The van der Waals surface area contributed by atoms with Crippen LogP contribution in [0.4, 0.5) is 0 Å². The fourth-order valence-corrected chi connectivity index (χ4v) is 3.22. The molecule has 26 heavy (non-hydrogen) atoms. The zero-order valence-electron chi connectivity index (χ0n) is 14.1. The second-order valence-corrected chi connectivity index (χ2v) is 6.51. The summed E-state index contributed by atoms with van der Waals surface area (Å²) in [5.74, 6) is 0.182. The summed E-state index contributed by atoms with van der Waals surface area (Å²) in [5, 5.41) is 22.8. The average Bonchev–Trinajstić information content (AvgIpc) is 3.11. The highest BCUT2D eigenvalue weighted by molar-refractivity contribution is 6.30. The molecule has 1 aromatic carbocycles. The van der Waals surface area contributed by atoms with Crippen molar-refractivity contribution in [3.8, 4) is 5.69 Å². The van der Waals surface area contributed by atoms with Crippen molar-refractivity contribution < 1.29 is 9.90 Å². The highest BCUT2D eigenvalue weighted by Crippen LogP contribution is 2.32. The van der Waals surface area contributed by atoms with E-state index in [1.54, 1.807) is 16.8 Å². The van der Waals surface area contributed by atoms with E-state index in [0.29, 0.717) is 28.1 Å². The number of nitrogens with zero attached hydrogens (tertiary/aromatic N) is 6. The minimum Gasteiger partial charge on any atom is -0.481 e. The predicted molar refractivity (Wildman–Crippen MR) is 94.9 cm³/mol. The van der Waals surface area contributed by atoms with E-state index in [0.717, 1.165) is 11.3 Å². The van der Waals surface area contributed by atoms with Gasteiger partial charge in [0.2, 0.25) is 0 Å². The molecule has 0 aliphatic carbocycles. The lowest BCUT2D eigenvalue weighted by molar-refractivity contribution is -0.137. The number of aliphatic imine (C=N–C) groups is 1. The minimum atomic E-state index is -0.957. The molecule has 9 heteroatoms. The van der Waals surface area contributed by atoms with Gasteiger partial charge in [0.25, 0.3) is 0 Å². The molecule has 1 atom stereocenters. The van der Waals surface area contributed by atoms with Crippen molar-refractivity contribution in [1.29, 1.82) is 0 Å². The molecule has 0 saturated heterocycles. The van der Waals surface area contributed by atoms with E-state index < -0.39 is 12.0 Å². The summed E-state index contributed by atoms with van der Waals surface area (Å²) in [6.45, 7) is 1.82. The Balaban J connectivity index is 1.99. The molecule has 4 rings (SSSR count). The van der Waals surface area contributed by atoms with Crippen LogP contribution >= 0.6 is 11.6 Å². The van der Waals surface area contributed by atoms with Gasteiger partial charge in [-0.15, -0.1) is 10.2 Å².